The van der Waals surface area contributed by atoms with E-state index < -0.39 is 0 Å². The van der Waals surface area contributed by atoms with Gasteiger partial charge in [0.1, 0.15) is 0 Å². The van der Waals surface area contributed by atoms with Crippen LogP contribution in [0.1, 0.15) is 42.2 Å². The molecule has 1 unspecified atom stereocenters. The van der Waals surface area contributed by atoms with E-state index in [1.165, 1.54) is 0 Å². The summed E-state index contributed by atoms with van der Waals surface area (Å²) in [5.74, 6) is -0.0328. The number of carbonyl (C=O) groups is 1. The van der Waals surface area contributed by atoms with E-state index in [-0.39, 0.29) is 11.9 Å². The van der Waals surface area contributed by atoms with Crippen molar-refractivity contribution in [3.63, 3.8) is 0 Å². The van der Waals surface area contributed by atoms with Crippen LogP contribution in [0.4, 0.5) is 5.69 Å². The van der Waals surface area contributed by atoms with Gasteiger partial charge < -0.3 is 10.6 Å². The van der Waals surface area contributed by atoms with Crippen molar-refractivity contribution in [3.8, 4) is 0 Å². The van der Waals surface area contributed by atoms with Gasteiger partial charge in [0.15, 0.2) is 0 Å². The van der Waals surface area contributed by atoms with Crippen LogP contribution in [0.2, 0.25) is 0 Å². The van der Waals surface area contributed by atoms with Gasteiger partial charge in [-0.3, -0.25) is 9.78 Å². The highest BCUT2D eigenvalue weighted by Crippen LogP contribution is 2.19. The summed E-state index contributed by atoms with van der Waals surface area (Å²) >= 11 is 0. The Bertz CT molecular complexity index is 584. The third-order valence-corrected chi connectivity index (χ3v) is 3.23. The van der Waals surface area contributed by atoms with Crippen LogP contribution in [0.15, 0.2) is 48.8 Å². The molecule has 2 aromatic rings. The number of anilines is 1. The Labute approximate surface area is 125 Å². The summed E-state index contributed by atoms with van der Waals surface area (Å²) in [7, 11) is 0. The van der Waals surface area contributed by atoms with Crippen molar-refractivity contribution in [1.82, 2.24) is 10.3 Å². The summed E-state index contributed by atoms with van der Waals surface area (Å²) in [4.78, 5) is 16.1. The number of aromatic nitrogens is 1. The molecule has 0 radical (unpaired) electrons. The quantitative estimate of drug-likeness (QED) is 0.854. The second-order valence-corrected chi connectivity index (χ2v) is 4.99. The molecule has 0 aliphatic carbocycles. The molecule has 110 valence electrons. The molecule has 1 atom stereocenters. The van der Waals surface area contributed by atoms with Gasteiger partial charge in [0.25, 0.3) is 5.91 Å². The summed E-state index contributed by atoms with van der Waals surface area (Å²) in [5, 5.41) is 6.27. The Morgan fingerprint density at radius 3 is 2.86 bits per heavy atom. The Hall–Kier alpha value is -2.36. The van der Waals surface area contributed by atoms with Gasteiger partial charge in [-0.1, -0.05) is 19.1 Å². The predicted octanol–water partition coefficient (Wildman–Crippen LogP) is 3.39. The summed E-state index contributed by atoms with van der Waals surface area (Å²) in [6, 6.07) is 11.6. The molecule has 4 nitrogen and oxygen atoms in total. The first-order chi connectivity index (χ1) is 10.2. The van der Waals surface area contributed by atoms with Gasteiger partial charge in [0, 0.05) is 30.2 Å². The zero-order chi connectivity index (χ0) is 15.1. The maximum Gasteiger partial charge on any atom is 0.251 e. The van der Waals surface area contributed by atoms with Crippen LogP contribution in [0.25, 0.3) is 0 Å². The number of rotatable bonds is 6. The Balaban J connectivity index is 2.06. The molecule has 2 rings (SSSR count). The van der Waals surface area contributed by atoms with Crippen LogP contribution in [-0.4, -0.2) is 17.4 Å². The van der Waals surface area contributed by atoms with E-state index in [1.54, 1.807) is 6.20 Å². The van der Waals surface area contributed by atoms with E-state index in [9.17, 15) is 4.79 Å². The van der Waals surface area contributed by atoms with Crippen molar-refractivity contribution in [2.45, 2.75) is 26.3 Å². The number of benzene rings is 1. The second kappa shape index (κ2) is 7.43. The molecule has 0 saturated carbocycles. The fourth-order valence-corrected chi connectivity index (χ4v) is 2.06. The third-order valence-electron chi connectivity index (χ3n) is 3.23. The first-order valence-electron chi connectivity index (χ1n) is 7.25. The Kier molecular flexibility index (Phi) is 5.32. The SMILES string of the molecule is CCCNC(=O)c1cccc(NC(C)c2cccnc2)c1. The zero-order valence-corrected chi connectivity index (χ0v) is 12.5. The highest BCUT2D eigenvalue weighted by Gasteiger charge is 2.08. The summed E-state index contributed by atoms with van der Waals surface area (Å²) < 4.78 is 0. The number of hydrogen-bond donors (Lipinski definition) is 2. The highest BCUT2D eigenvalue weighted by molar-refractivity contribution is 5.95. The van der Waals surface area contributed by atoms with E-state index in [0.29, 0.717) is 12.1 Å². The van der Waals surface area contributed by atoms with Gasteiger partial charge in [-0.15, -0.1) is 0 Å². The lowest BCUT2D eigenvalue weighted by Gasteiger charge is -2.16. The number of nitrogens with one attached hydrogen (secondary N) is 2. The van der Waals surface area contributed by atoms with E-state index in [2.05, 4.69) is 22.5 Å². The first-order valence-corrected chi connectivity index (χ1v) is 7.25. The third kappa shape index (κ3) is 4.31. The minimum Gasteiger partial charge on any atom is -0.378 e. The van der Waals surface area contributed by atoms with Gasteiger partial charge in [0.05, 0.1) is 6.04 Å². The van der Waals surface area contributed by atoms with Gasteiger partial charge in [-0.25, -0.2) is 0 Å². The molecular formula is C17H21N3O. The molecule has 0 bridgehead atoms. The smallest absolute Gasteiger partial charge is 0.251 e. The largest absolute Gasteiger partial charge is 0.378 e. The van der Waals surface area contributed by atoms with Crippen molar-refractivity contribution >= 4 is 11.6 Å². The van der Waals surface area contributed by atoms with Crippen molar-refractivity contribution in [3.05, 3.63) is 59.9 Å². The average molecular weight is 283 g/mol. The maximum absolute atomic E-state index is 12.0. The van der Waals surface area contributed by atoms with E-state index in [0.717, 1.165) is 17.7 Å². The lowest BCUT2D eigenvalue weighted by Crippen LogP contribution is -2.24. The number of hydrogen-bond acceptors (Lipinski definition) is 3. The predicted molar refractivity (Wildman–Crippen MR) is 85.3 cm³/mol. The molecule has 0 aliphatic rings. The standard InChI is InChI=1S/C17H21N3O/c1-3-9-19-17(21)14-6-4-8-16(11-14)20-13(2)15-7-5-10-18-12-15/h4-8,10-13,20H,3,9H2,1-2H3,(H,19,21). The normalized spacial score (nSPS) is 11.7. The molecule has 0 fully saturated rings. The minimum absolute atomic E-state index is 0.0328. The second-order valence-electron chi connectivity index (χ2n) is 4.99. The number of amides is 1. The molecule has 0 spiro atoms. The lowest BCUT2D eigenvalue weighted by atomic mass is 10.1. The molecule has 1 heterocycles. The molecule has 1 aromatic heterocycles. The molecule has 1 amide bonds. The van der Waals surface area contributed by atoms with Crippen molar-refractivity contribution < 1.29 is 4.79 Å². The average Bonchev–Trinajstić information content (AvgIpc) is 2.53. The topological polar surface area (TPSA) is 54.0 Å². The van der Waals surface area contributed by atoms with Crippen molar-refractivity contribution in [2.75, 3.05) is 11.9 Å². The Morgan fingerprint density at radius 1 is 1.29 bits per heavy atom. The van der Waals surface area contributed by atoms with E-state index in [1.807, 2.05) is 49.5 Å². The summed E-state index contributed by atoms with van der Waals surface area (Å²) in [6.07, 6.45) is 4.53. The molecule has 0 aliphatic heterocycles. The molecular weight excluding hydrogens is 262 g/mol. The lowest BCUT2D eigenvalue weighted by molar-refractivity contribution is 0.0953. The number of nitrogens with zero attached hydrogens (tertiary/aromatic N) is 1. The van der Waals surface area contributed by atoms with Crippen molar-refractivity contribution in [2.24, 2.45) is 0 Å². The van der Waals surface area contributed by atoms with Crippen LogP contribution < -0.4 is 10.6 Å². The van der Waals surface area contributed by atoms with Gasteiger partial charge >= 0.3 is 0 Å². The molecule has 2 N–H and O–H groups in total. The maximum atomic E-state index is 12.0. The minimum atomic E-state index is -0.0328. The van der Waals surface area contributed by atoms with Crippen LogP contribution in [0, 0.1) is 0 Å². The summed E-state index contributed by atoms with van der Waals surface area (Å²) in [6.45, 7) is 4.80. The van der Waals surface area contributed by atoms with Gasteiger partial charge in [0.2, 0.25) is 0 Å². The fraction of sp³-hybridized carbons (Fsp3) is 0.294. The molecule has 21 heavy (non-hydrogen) atoms. The van der Waals surface area contributed by atoms with Crippen LogP contribution in [0.3, 0.4) is 0 Å². The monoisotopic (exact) mass is 283 g/mol. The van der Waals surface area contributed by atoms with Gasteiger partial charge in [-0.05, 0) is 43.2 Å². The number of pyridine rings is 1. The molecule has 0 saturated heterocycles. The van der Waals surface area contributed by atoms with Crippen LogP contribution in [-0.2, 0) is 0 Å². The molecule has 4 heteroatoms. The molecule has 1 aromatic carbocycles. The van der Waals surface area contributed by atoms with Crippen LogP contribution >= 0.6 is 0 Å². The van der Waals surface area contributed by atoms with Gasteiger partial charge in [-0.2, -0.15) is 0 Å². The fourth-order valence-electron chi connectivity index (χ4n) is 2.06. The Morgan fingerprint density at radius 2 is 2.14 bits per heavy atom. The number of carbonyl (C=O) groups excluding carboxylic acids is 1. The first kappa shape index (κ1) is 15.0. The summed E-state index contributed by atoms with van der Waals surface area (Å²) in [5.41, 5.74) is 2.71. The van der Waals surface area contributed by atoms with Crippen molar-refractivity contribution in [1.29, 1.82) is 0 Å². The zero-order valence-electron chi connectivity index (χ0n) is 12.5. The van der Waals surface area contributed by atoms with E-state index >= 15 is 0 Å². The van der Waals surface area contributed by atoms with E-state index in [4.69, 9.17) is 0 Å². The van der Waals surface area contributed by atoms with Crippen LogP contribution in [0.5, 0.6) is 0 Å². The highest BCUT2D eigenvalue weighted by atomic mass is 16.1.